The van der Waals surface area contributed by atoms with Gasteiger partial charge >= 0.3 is 5.97 Å². The number of aliphatic carboxylic acids is 1. The monoisotopic (exact) mass is 258 g/mol. The molecule has 7 nitrogen and oxygen atoms in total. The van der Waals surface area contributed by atoms with Crippen molar-refractivity contribution in [2.75, 3.05) is 32.8 Å². The molecule has 0 atom stereocenters. The second kappa shape index (κ2) is 7.65. The summed E-state index contributed by atoms with van der Waals surface area (Å²) < 4.78 is 5.13. The lowest BCUT2D eigenvalue weighted by atomic mass is 10.3. The summed E-state index contributed by atoms with van der Waals surface area (Å²) in [4.78, 5) is 34.8. The first kappa shape index (κ1) is 14.4. The standard InChI is InChI=1S/C11H18N2O5/c14-9(1-2-11(16)17)12-4-3-10(15)13-5-7-18-8-6-13/h1-8H2,(H,12,14)(H,16,17). The second-order valence-corrected chi connectivity index (χ2v) is 3.99. The molecule has 0 aromatic carbocycles. The van der Waals surface area contributed by atoms with Crippen LogP contribution in [0.15, 0.2) is 0 Å². The Kier molecular flexibility index (Phi) is 6.13. The molecule has 0 spiro atoms. The molecule has 0 aromatic rings. The number of morpholine rings is 1. The molecule has 1 aliphatic rings. The largest absolute Gasteiger partial charge is 0.481 e. The van der Waals surface area contributed by atoms with E-state index < -0.39 is 5.97 Å². The zero-order chi connectivity index (χ0) is 13.4. The minimum absolute atomic E-state index is 0.0168. The predicted molar refractivity (Wildman–Crippen MR) is 61.9 cm³/mol. The van der Waals surface area contributed by atoms with E-state index in [1.54, 1.807) is 4.90 Å². The number of amides is 2. The van der Waals surface area contributed by atoms with E-state index in [0.717, 1.165) is 0 Å². The van der Waals surface area contributed by atoms with Crippen molar-refractivity contribution < 1.29 is 24.2 Å². The molecule has 2 N–H and O–H groups in total. The number of ether oxygens (including phenoxy) is 1. The Morgan fingerprint density at radius 2 is 1.78 bits per heavy atom. The number of carboxylic acids is 1. The Hall–Kier alpha value is -1.63. The number of carboxylic acid groups (broad SMARTS) is 1. The summed E-state index contributed by atoms with van der Waals surface area (Å²) in [6.45, 7) is 2.53. The van der Waals surface area contributed by atoms with E-state index in [1.165, 1.54) is 0 Å². The molecular weight excluding hydrogens is 240 g/mol. The number of rotatable bonds is 6. The molecule has 1 fully saturated rings. The van der Waals surface area contributed by atoms with Gasteiger partial charge in [-0.25, -0.2) is 0 Å². The van der Waals surface area contributed by atoms with Gasteiger partial charge in [-0.15, -0.1) is 0 Å². The van der Waals surface area contributed by atoms with E-state index in [2.05, 4.69) is 5.32 Å². The summed E-state index contributed by atoms with van der Waals surface area (Å²) in [6, 6.07) is 0. The molecule has 1 saturated heterocycles. The summed E-state index contributed by atoms with van der Waals surface area (Å²) in [5, 5.41) is 10.9. The maximum Gasteiger partial charge on any atom is 0.303 e. The van der Waals surface area contributed by atoms with Crippen LogP contribution in [0.1, 0.15) is 19.3 Å². The quantitative estimate of drug-likeness (QED) is 0.651. The highest BCUT2D eigenvalue weighted by Crippen LogP contribution is 1.99. The maximum absolute atomic E-state index is 11.7. The first-order chi connectivity index (χ1) is 8.59. The van der Waals surface area contributed by atoms with Gasteiger partial charge in [-0.05, 0) is 0 Å². The molecule has 0 aromatic heterocycles. The van der Waals surface area contributed by atoms with Gasteiger partial charge in [0.2, 0.25) is 11.8 Å². The fourth-order valence-electron chi connectivity index (χ4n) is 1.59. The van der Waals surface area contributed by atoms with Gasteiger partial charge in [0.15, 0.2) is 0 Å². The number of hydrogen-bond donors (Lipinski definition) is 2. The third-order valence-corrected chi connectivity index (χ3v) is 2.59. The van der Waals surface area contributed by atoms with Crippen LogP contribution in [0.3, 0.4) is 0 Å². The van der Waals surface area contributed by atoms with Crippen LogP contribution < -0.4 is 5.32 Å². The van der Waals surface area contributed by atoms with Gasteiger partial charge < -0.3 is 20.1 Å². The first-order valence-electron chi connectivity index (χ1n) is 5.93. The third-order valence-electron chi connectivity index (χ3n) is 2.59. The molecule has 102 valence electrons. The van der Waals surface area contributed by atoms with Crippen molar-refractivity contribution >= 4 is 17.8 Å². The van der Waals surface area contributed by atoms with Crippen LogP contribution in [-0.2, 0) is 19.1 Å². The van der Waals surface area contributed by atoms with Crippen molar-refractivity contribution in [3.05, 3.63) is 0 Å². The zero-order valence-corrected chi connectivity index (χ0v) is 10.2. The first-order valence-corrected chi connectivity index (χ1v) is 5.93. The van der Waals surface area contributed by atoms with E-state index in [4.69, 9.17) is 9.84 Å². The predicted octanol–water partition coefficient (Wildman–Crippen LogP) is -0.784. The van der Waals surface area contributed by atoms with E-state index >= 15 is 0 Å². The fourth-order valence-corrected chi connectivity index (χ4v) is 1.59. The number of carbonyl (C=O) groups is 3. The van der Waals surface area contributed by atoms with Crippen LogP contribution in [0.2, 0.25) is 0 Å². The Bertz CT molecular complexity index is 313. The number of hydrogen-bond acceptors (Lipinski definition) is 4. The molecule has 1 aliphatic heterocycles. The Balaban J connectivity index is 2.10. The van der Waals surface area contributed by atoms with E-state index in [-0.39, 0.29) is 37.6 Å². The van der Waals surface area contributed by atoms with E-state index in [1.807, 2.05) is 0 Å². The highest BCUT2D eigenvalue weighted by molar-refractivity contribution is 5.81. The lowest BCUT2D eigenvalue weighted by molar-refractivity contribution is -0.139. The molecule has 0 radical (unpaired) electrons. The normalized spacial score (nSPS) is 15.2. The molecule has 1 heterocycles. The minimum Gasteiger partial charge on any atom is -0.481 e. The SMILES string of the molecule is O=C(O)CCC(=O)NCCC(=O)N1CCOCC1. The Morgan fingerprint density at radius 1 is 1.11 bits per heavy atom. The topological polar surface area (TPSA) is 95.9 Å². The van der Waals surface area contributed by atoms with Crippen LogP contribution in [0.4, 0.5) is 0 Å². The van der Waals surface area contributed by atoms with Gasteiger partial charge in [0.25, 0.3) is 0 Å². The Labute approximate surface area is 105 Å². The van der Waals surface area contributed by atoms with Gasteiger partial charge in [-0.2, -0.15) is 0 Å². The number of nitrogens with one attached hydrogen (secondary N) is 1. The molecule has 7 heteroatoms. The van der Waals surface area contributed by atoms with Gasteiger partial charge in [0.05, 0.1) is 19.6 Å². The molecular formula is C11H18N2O5. The van der Waals surface area contributed by atoms with Gasteiger partial charge in [0, 0.05) is 32.5 Å². The van der Waals surface area contributed by atoms with Crippen LogP contribution in [0.25, 0.3) is 0 Å². The van der Waals surface area contributed by atoms with Crippen molar-refractivity contribution in [1.29, 1.82) is 0 Å². The summed E-state index contributed by atoms with van der Waals surface area (Å²) in [5.41, 5.74) is 0. The van der Waals surface area contributed by atoms with Crippen LogP contribution in [0.5, 0.6) is 0 Å². The van der Waals surface area contributed by atoms with Gasteiger partial charge in [-0.1, -0.05) is 0 Å². The van der Waals surface area contributed by atoms with Crippen molar-refractivity contribution in [3.63, 3.8) is 0 Å². The highest BCUT2D eigenvalue weighted by atomic mass is 16.5. The zero-order valence-electron chi connectivity index (χ0n) is 10.2. The summed E-state index contributed by atoms with van der Waals surface area (Å²) in [5.74, 6) is -1.36. The molecule has 0 unspecified atom stereocenters. The average molecular weight is 258 g/mol. The Morgan fingerprint density at radius 3 is 2.39 bits per heavy atom. The average Bonchev–Trinajstić information content (AvgIpc) is 2.37. The molecule has 18 heavy (non-hydrogen) atoms. The van der Waals surface area contributed by atoms with Crippen molar-refractivity contribution in [3.8, 4) is 0 Å². The van der Waals surface area contributed by atoms with Crippen LogP contribution >= 0.6 is 0 Å². The summed E-state index contributed by atoms with van der Waals surface area (Å²) in [6.07, 6.45) is -0.0108. The number of nitrogens with zero attached hydrogens (tertiary/aromatic N) is 1. The molecule has 2 amide bonds. The number of carbonyl (C=O) groups excluding carboxylic acids is 2. The van der Waals surface area contributed by atoms with Gasteiger partial charge in [0.1, 0.15) is 0 Å². The molecule has 0 bridgehead atoms. The highest BCUT2D eigenvalue weighted by Gasteiger charge is 2.16. The minimum atomic E-state index is -1.01. The second-order valence-electron chi connectivity index (χ2n) is 3.99. The smallest absolute Gasteiger partial charge is 0.303 e. The van der Waals surface area contributed by atoms with Crippen LogP contribution in [0, 0.1) is 0 Å². The molecule has 1 rings (SSSR count). The van der Waals surface area contributed by atoms with Crippen molar-refractivity contribution in [2.45, 2.75) is 19.3 Å². The molecule has 0 saturated carbocycles. The van der Waals surface area contributed by atoms with Crippen molar-refractivity contribution in [2.24, 2.45) is 0 Å². The van der Waals surface area contributed by atoms with E-state index in [9.17, 15) is 14.4 Å². The lowest BCUT2D eigenvalue weighted by Crippen LogP contribution is -2.42. The summed E-state index contributed by atoms with van der Waals surface area (Å²) >= 11 is 0. The van der Waals surface area contributed by atoms with Crippen molar-refractivity contribution in [1.82, 2.24) is 10.2 Å². The van der Waals surface area contributed by atoms with E-state index in [0.29, 0.717) is 26.3 Å². The fraction of sp³-hybridized carbons (Fsp3) is 0.727. The third kappa shape index (κ3) is 5.62. The molecule has 0 aliphatic carbocycles. The van der Waals surface area contributed by atoms with Gasteiger partial charge in [-0.3, -0.25) is 14.4 Å². The maximum atomic E-state index is 11.7. The van der Waals surface area contributed by atoms with Crippen LogP contribution in [-0.4, -0.2) is 60.6 Å². The lowest BCUT2D eigenvalue weighted by Gasteiger charge is -2.26. The summed E-state index contributed by atoms with van der Waals surface area (Å²) in [7, 11) is 0.